The van der Waals surface area contributed by atoms with E-state index in [-0.39, 0.29) is 5.91 Å². The van der Waals surface area contributed by atoms with Crippen molar-refractivity contribution in [1.82, 2.24) is 15.1 Å². The lowest BCUT2D eigenvalue weighted by molar-refractivity contribution is -0.121. The Bertz CT molecular complexity index is 598. The fourth-order valence-electron chi connectivity index (χ4n) is 4.12. The molecule has 1 N–H and O–H groups in total. The van der Waals surface area contributed by atoms with Gasteiger partial charge in [-0.1, -0.05) is 29.8 Å². The topological polar surface area (TPSA) is 44.8 Å². The zero-order valence-corrected chi connectivity index (χ0v) is 16.4. The Labute approximate surface area is 161 Å². The van der Waals surface area contributed by atoms with Crippen molar-refractivity contribution in [2.24, 2.45) is 5.92 Å². The molecule has 2 atom stereocenters. The molecule has 3 heterocycles. The number of nitrogens with zero attached hydrogens (tertiary/aromatic N) is 2. The SMILES string of the molecule is COCCN1C[C@H]2CC[C@@H]1CN(CCC(=O)NCc1ccccc1Cl)C2. The first-order valence-corrected chi connectivity index (χ1v) is 9.99. The minimum absolute atomic E-state index is 0.0951. The quantitative estimate of drug-likeness (QED) is 0.753. The maximum absolute atomic E-state index is 12.2. The Kier molecular flexibility index (Phi) is 7.32. The number of piperidine rings is 1. The van der Waals surface area contributed by atoms with Gasteiger partial charge in [0.1, 0.15) is 0 Å². The number of rotatable bonds is 8. The fraction of sp³-hybridized carbons (Fsp3) is 0.650. The average Bonchev–Trinajstić information content (AvgIpc) is 2.95. The highest BCUT2D eigenvalue weighted by Crippen LogP contribution is 2.27. The predicted molar refractivity (Wildman–Crippen MR) is 104 cm³/mol. The van der Waals surface area contributed by atoms with Crippen LogP contribution in [0.4, 0.5) is 0 Å². The van der Waals surface area contributed by atoms with E-state index in [0.29, 0.717) is 24.0 Å². The van der Waals surface area contributed by atoms with Gasteiger partial charge in [-0.15, -0.1) is 0 Å². The summed E-state index contributed by atoms with van der Waals surface area (Å²) in [7, 11) is 1.77. The summed E-state index contributed by atoms with van der Waals surface area (Å²) >= 11 is 6.14. The Morgan fingerprint density at radius 1 is 1.23 bits per heavy atom. The van der Waals surface area contributed by atoms with Crippen LogP contribution in [0.25, 0.3) is 0 Å². The Morgan fingerprint density at radius 3 is 2.88 bits per heavy atom. The number of methoxy groups -OCH3 is 1. The molecule has 3 aliphatic rings. The van der Waals surface area contributed by atoms with Gasteiger partial charge in [0.2, 0.25) is 5.91 Å². The Hall–Kier alpha value is -1.14. The number of hydrogen-bond acceptors (Lipinski definition) is 4. The molecule has 1 aromatic carbocycles. The fourth-order valence-corrected chi connectivity index (χ4v) is 4.33. The second-order valence-corrected chi connectivity index (χ2v) is 7.87. The van der Waals surface area contributed by atoms with Gasteiger partial charge in [0.25, 0.3) is 0 Å². The van der Waals surface area contributed by atoms with Crippen molar-refractivity contribution in [3.63, 3.8) is 0 Å². The van der Waals surface area contributed by atoms with Gasteiger partial charge in [0, 0.05) is 63.9 Å². The number of benzene rings is 1. The first-order valence-electron chi connectivity index (χ1n) is 9.61. The van der Waals surface area contributed by atoms with Crippen molar-refractivity contribution in [3.8, 4) is 0 Å². The summed E-state index contributed by atoms with van der Waals surface area (Å²) in [6.45, 7) is 6.49. The molecular weight excluding hydrogens is 350 g/mol. The summed E-state index contributed by atoms with van der Waals surface area (Å²) in [5, 5.41) is 3.69. The third-order valence-electron chi connectivity index (χ3n) is 5.57. The summed E-state index contributed by atoms with van der Waals surface area (Å²) in [5.41, 5.74) is 0.962. The van der Waals surface area contributed by atoms with Crippen molar-refractivity contribution in [1.29, 1.82) is 0 Å². The second kappa shape index (κ2) is 9.70. The first-order chi connectivity index (χ1) is 12.7. The number of carbonyl (C=O) groups excluding carboxylic acids is 1. The van der Waals surface area contributed by atoms with Crippen LogP contribution in [0, 0.1) is 5.92 Å². The maximum atomic E-state index is 12.2. The standard InChI is InChI=1S/C20H30ClN3O2/c1-26-11-10-24-14-16-6-7-18(24)15-23(13-16)9-8-20(25)22-12-17-4-2-3-5-19(17)21/h2-5,16,18H,6-15H2,1H3,(H,22,25)/t16-,18+/m0/s1. The number of fused-ring (bicyclic) bond motifs is 4. The molecule has 6 heteroatoms. The maximum Gasteiger partial charge on any atom is 0.221 e. The van der Waals surface area contributed by atoms with Gasteiger partial charge in [0.05, 0.1) is 6.61 Å². The molecule has 0 aromatic heterocycles. The zero-order valence-electron chi connectivity index (χ0n) is 15.6. The summed E-state index contributed by atoms with van der Waals surface area (Å²) in [4.78, 5) is 17.3. The number of nitrogens with one attached hydrogen (secondary N) is 1. The van der Waals surface area contributed by atoms with Crippen molar-refractivity contribution in [2.75, 3.05) is 46.4 Å². The normalized spacial score (nSPS) is 23.8. The molecule has 2 bridgehead atoms. The van der Waals surface area contributed by atoms with Gasteiger partial charge in [-0.05, 0) is 30.4 Å². The molecule has 0 saturated carbocycles. The molecule has 1 amide bonds. The molecule has 0 aliphatic carbocycles. The zero-order chi connectivity index (χ0) is 18.4. The monoisotopic (exact) mass is 379 g/mol. The number of amides is 1. The van der Waals surface area contributed by atoms with Crippen molar-refractivity contribution in [3.05, 3.63) is 34.9 Å². The van der Waals surface area contributed by atoms with Gasteiger partial charge in [-0.3, -0.25) is 9.69 Å². The van der Waals surface area contributed by atoms with Crippen LogP contribution >= 0.6 is 11.6 Å². The lowest BCUT2D eigenvalue weighted by Crippen LogP contribution is -2.45. The van der Waals surface area contributed by atoms with Crippen LogP contribution in [0.5, 0.6) is 0 Å². The van der Waals surface area contributed by atoms with Gasteiger partial charge < -0.3 is 15.0 Å². The molecule has 26 heavy (non-hydrogen) atoms. The van der Waals surface area contributed by atoms with E-state index < -0.39 is 0 Å². The van der Waals surface area contributed by atoms with E-state index in [4.69, 9.17) is 16.3 Å². The van der Waals surface area contributed by atoms with Gasteiger partial charge >= 0.3 is 0 Å². The van der Waals surface area contributed by atoms with Crippen LogP contribution in [0.15, 0.2) is 24.3 Å². The summed E-state index contributed by atoms with van der Waals surface area (Å²) < 4.78 is 5.25. The van der Waals surface area contributed by atoms with Gasteiger partial charge in [-0.25, -0.2) is 0 Å². The van der Waals surface area contributed by atoms with E-state index in [1.54, 1.807) is 7.11 Å². The van der Waals surface area contributed by atoms with Crippen LogP contribution in [-0.4, -0.2) is 68.2 Å². The van der Waals surface area contributed by atoms with E-state index in [9.17, 15) is 4.79 Å². The molecule has 5 nitrogen and oxygen atoms in total. The minimum Gasteiger partial charge on any atom is -0.383 e. The minimum atomic E-state index is 0.0951. The lowest BCUT2D eigenvalue weighted by Gasteiger charge is -2.35. The molecule has 4 rings (SSSR count). The second-order valence-electron chi connectivity index (χ2n) is 7.46. The molecule has 1 aromatic rings. The highest BCUT2D eigenvalue weighted by Gasteiger charge is 2.34. The summed E-state index contributed by atoms with van der Waals surface area (Å²) in [6.07, 6.45) is 3.12. The molecule has 0 radical (unpaired) electrons. The molecule has 0 unspecified atom stereocenters. The Balaban J connectivity index is 1.43. The largest absolute Gasteiger partial charge is 0.383 e. The molecule has 3 aliphatic heterocycles. The van der Waals surface area contributed by atoms with Crippen molar-refractivity contribution in [2.45, 2.75) is 31.8 Å². The van der Waals surface area contributed by atoms with E-state index >= 15 is 0 Å². The average molecular weight is 380 g/mol. The predicted octanol–water partition coefficient (Wildman–Crippen LogP) is 2.39. The number of halogens is 1. The van der Waals surface area contributed by atoms with Crippen LogP contribution in [0.1, 0.15) is 24.8 Å². The van der Waals surface area contributed by atoms with E-state index in [1.807, 2.05) is 24.3 Å². The summed E-state index contributed by atoms with van der Waals surface area (Å²) in [5.74, 6) is 0.814. The molecule has 144 valence electrons. The molecule has 3 saturated heterocycles. The van der Waals surface area contributed by atoms with Crippen LogP contribution in [-0.2, 0) is 16.1 Å². The summed E-state index contributed by atoms with van der Waals surface area (Å²) in [6, 6.07) is 8.25. The van der Waals surface area contributed by atoms with Crippen LogP contribution in [0.3, 0.4) is 0 Å². The van der Waals surface area contributed by atoms with Crippen LogP contribution < -0.4 is 5.32 Å². The first kappa shape index (κ1) is 19.6. The van der Waals surface area contributed by atoms with E-state index in [1.165, 1.54) is 19.4 Å². The number of ether oxygens (including phenoxy) is 1. The van der Waals surface area contributed by atoms with Gasteiger partial charge in [0.15, 0.2) is 0 Å². The van der Waals surface area contributed by atoms with Crippen LogP contribution in [0.2, 0.25) is 5.02 Å². The van der Waals surface area contributed by atoms with E-state index in [0.717, 1.165) is 44.3 Å². The van der Waals surface area contributed by atoms with Crippen molar-refractivity contribution >= 4 is 17.5 Å². The molecule has 0 spiro atoms. The Morgan fingerprint density at radius 2 is 2.08 bits per heavy atom. The molecule has 3 fully saturated rings. The number of carbonyl (C=O) groups is 1. The van der Waals surface area contributed by atoms with Gasteiger partial charge in [-0.2, -0.15) is 0 Å². The molecular formula is C20H30ClN3O2. The van der Waals surface area contributed by atoms with E-state index in [2.05, 4.69) is 15.1 Å². The highest BCUT2D eigenvalue weighted by molar-refractivity contribution is 6.31. The number of hydrogen-bond donors (Lipinski definition) is 1. The third kappa shape index (κ3) is 5.43. The third-order valence-corrected chi connectivity index (χ3v) is 5.94. The smallest absolute Gasteiger partial charge is 0.221 e. The highest BCUT2D eigenvalue weighted by atomic mass is 35.5. The lowest BCUT2D eigenvalue weighted by atomic mass is 9.95. The van der Waals surface area contributed by atoms with Crippen molar-refractivity contribution < 1.29 is 9.53 Å².